The molecule has 1 heterocycles. The Morgan fingerprint density at radius 2 is 1.79 bits per heavy atom. The summed E-state index contributed by atoms with van der Waals surface area (Å²) in [5, 5.41) is 1.30. The number of nitrogens with two attached hydrogens (primary N) is 1. The Morgan fingerprint density at radius 3 is 2.42 bits per heavy atom. The van der Waals surface area contributed by atoms with Gasteiger partial charge in [0.25, 0.3) is 0 Å². The van der Waals surface area contributed by atoms with Gasteiger partial charge in [-0.3, -0.25) is 4.98 Å². The highest BCUT2D eigenvalue weighted by Gasteiger charge is 2.19. The van der Waals surface area contributed by atoms with Gasteiger partial charge in [0.15, 0.2) is 0 Å². The highest BCUT2D eigenvalue weighted by Crippen LogP contribution is 2.29. The van der Waals surface area contributed by atoms with E-state index in [1.54, 1.807) is 0 Å². The van der Waals surface area contributed by atoms with Crippen molar-refractivity contribution in [2.24, 2.45) is 11.1 Å². The van der Waals surface area contributed by atoms with Gasteiger partial charge >= 0.3 is 0 Å². The van der Waals surface area contributed by atoms with Crippen LogP contribution in [-0.4, -0.2) is 11.5 Å². The highest BCUT2D eigenvalue weighted by molar-refractivity contribution is 5.86. The minimum atomic E-state index is 0.123. The number of aromatic nitrogens is 1. The van der Waals surface area contributed by atoms with Gasteiger partial charge in [0.05, 0.1) is 5.52 Å². The van der Waals surface area contributed by atoms with Crippen molar-refractivity contribution < 1.29 is 0 Å². The lowest BCUT2D eigenvalue weighted by Gasteiger charge is -2.24. The molecule has 0 saturated carbocycles. The average Bonchev–Trinajstić information content (AvgIpc) is 2.26. The molecule has 2 aromatic rings. The van der Waals surface area contributed by atoms with E-state index in [0.717, 1.165) is 17.6 Å². The molecule has 19 heavy (non-hydrogen) atoms. The average molecular weight is 256 g/mol. The zero-order valence-corrected chi connectivity index (χ0v) is 12.7. The number of fused-ring (bicyclic) bond motifs is 1. The molecule has 0 amide bonds. The topological polar surface area (TPSA) is 38.9 Å². The Labute approximate surface area is 116 Å². The van der Waals surface area contributed by atoms with E-state index in [1.165, 1.54) is 22.1 Å². The molecule has 0 aliphatic carbocycles. The van der Waals surface area contributed by atoms with E-state index in [0.29, 0.717) is 6.54 Å². The molecular weight excluding hydrogens is 232 g/mol. The molecule has 102 valence electrons. The van der Waals surface area contributed by atoms with Crippen LogP contribution in [0.15, 0.2) is 18.2 Å². The summed E-state index contributed by atoms with van der Waals surface area (Å²) in [6, 6.07) is 6.62. The van der Waals surface area contributed by atoms with Gasteiger partial charge < -0.3 is 5.73 Å². The van der Waals surface area contributed by atoms with E-state index in [9.17, 15) is 0 Å². The number of hydrogen-bond acceptors (Lipinski definition) is 2. The van der Waals surface area contributed by atoms with Crippen molar-refractivity contribution in [2.75, 3.05) is 6.54 Å². The summed E-state index contributed by atoms with van der Waals surface area (Å²) < 4.78 is 0. The Bertz CT molecular complexity index is 607. The second kappa shape index (κ2) is 4.93. The minimum absolute atomic E-state index is 0.123. The third-order valence-corrected chi connectivity index (χ3v) is 3.68. The van der Waals surface area contributed by atoms with Crippen LogP contribution in [0.5, 0.6) is 0 Å². The van der Waals surface area contributed by atoms with Crippen LogP contribution >= 0.6 is 0 Å². The predicted molar refractivity (Wildman–Crippen MR) is 82.5 cm³/mol. The van der Waals surface area contributed by atoms with E-state index in [-0.39, 0.29) is 5.41 Å². The fourth-order valence-electron chi connectivity index (χ4n) is 2.72. The first-order valence-corrected chi connectivity index (χ1v) is 6.90. The van der Waals surface area contributed by atoms with Crippen LogP contribution in [0.4, 0.5) is 0 Å². The zero-order chi connectivity index (χ0) is 14.2. The summed E-state index contributed by atoms with van der Waals surface area (Å²) in [5.74, 6) is 0. The van der Waals surface area contributed by atoms with Gasteiger partial charge in [0.2, 0.25) is 0 Å². The van der Waals surface area contributed by atoms with Crippen molar-refractivity contribution in [1.29, 1.82) is 0 Å². The first-order chi connectivity index (χ1) is 8.82. The van der Waals surface area contributed by atoms with Crippen LogP contribution in [0.2, 0.25) is 0 Å². The summed E-state index contributed by atoms with van der Waals surface area (Å²) >= 11 is 0. The maximum absolute atomic E-state index is 5.88. The molecule has 2 rings (SSSR count). The molecule has 0 fully saturated rings. The monoisotopic (exact) mass is 256 g/mol. The Balaban J connectivity index is 2.66. The summed E-state index contributed by atoms with van der Waals surface area (Å²) in [7, 11) is 0. The van der Waals surface area contributed by atoms with Crippen molar-refractivity contribution >= 4 is 10.9 Å². The molecule has 2 heteroatoms. The van der Waals surface area contributed by atoms with Crippen LogP contribution in [0.1, 0.15) is 36.2 Å². The van der Waals surface area contributed by atoms with Gasteiger partial charge in [-0.05, 0) is 68.0 Å². The van der Waals surface area contributed by atoms with E-state index in [4.69, 9.17) is 5.73 Å². The number of nitrogens with zero attached hydrogens (tertiary/aromatic N) is 1. The van der Waals surface area contributed by atoms with Crippen molar-refractivity contribution in [1.82, 2.24) is 4.98 Å². The molecule has 1 aromatic heterocycles. The van der Waals surface area contributed by atoms with Gasteiger partial charge in [-0.1, -0.05) is 19.9 Å². The second-order valence-electron chi connectivity index (χ2n) is 6.44. The van der Waals surface area contributed by atoms with Crippen LogP contribution < -0.4 is 5.73 Å². The molecule has 0 spiro atoms. The molecule has 0 unspecified atom stereocenters. The van der Waals surface area contributed by atoms with E-state index >= 15 is 0 Å². The zero-order valence-electron chi connectivity index (χ0n) is 12.7. The lowest BCUT2D eigenvalue weighted by Crippen LogP contribution is -2.26. The summed E-state index contributed by atoms with van der Waals surface area (Å²) in [5.41, 5.74) is 12.2. The predicted octanol–water partition coefficient (Wildman–Crippen LogP) is 3.69. The number of benzene rings is 1. The van der Waals surface area contributed by atoms with Gasteiger partial charge in [-0.2, -0.15) is 0 Å². The van der Waals surface area contributed by atoms with Gasteiger partial charge in [-0.15, -0.1) is 0 Å². The molecular formula is C17H24N2. The molecule has 2 N–H and O–H groups in total. The summed E-state index contributed by atoms with van der Waals surface area (Å²) in [4.78, 5) is 4.68. The molecule has 2 nitrogen and oxygen atoms in total. The van der Waals surface area contributed by atoms with E-state index < -0.39 is 0 Å². The SMILES string of the molecule is Cc1cc(C)c2c(CC(C)(C)CN)cc(C)nc2c1. The lowest BCUT2D eigenvalue weighted by molar-refractivity contribution is 0.378. The Kier molecular flexibility index (Phi) is 3.64. The minimum Gasteiger partial charge on any atom is -0.330 e. The smallest absolute Gasteiger partial charge is 0.0713 e. The summed E-state index contributed by atoms with van der Waals surface area (Å²) in [6.07, 6.45) is 0.993. The molecule has 0 radical (unpaired) electrons. The molecule has 0 aliphatic heterocycles. The van der Waals surface area contributed by atoms with Crippen molar-refractivity contribution in [3.8, 4) is 0 Å². The Morgan fingerprint density at radius 1 is 1.11 bits per heavy atom. The third kappa shape index (κ3) is 2.95. The number of rotatable bonds is 3. The Hall–Kier alpha value is -1.41. The van der Waals surface area contributed by atoms with Crippen LogP contribution in [0.25, 0.3) is 10.9 Å². The van der Waals surface area contributed by atoms with Crippen LogP contribution in [0.3, 0.4) is 0 Å². The maximum atomic E-state index is 5.88. The number of hydrogen-bond donors (Lipinski definition) is 1. The standard InChI is InChI=1S/C17H24N2/c1-11-6-12(2)16-14(9-17(4,5)10-18)8-13(3)19-15(16)7-11/h6-8H,9-10,18H2,1-5H3. The van der Waals surface area contributed by atoms with Crippen LogP contribution in [0, 0.1) is 26.2 Å². The quantitative estimate of drug-likeness (QED) is 0.909. The van der Waals surface area contributed by atoms with Gasteiger partial charge in [-0.25, -0.2) is 0 Å². The maximum Gasteiger partial charge on any atom is 0.0713 e. The summed E-state index contributed by atoms with van der Waals surface area (Å²) in [6.45, 7) is 11.5. The fourth-order valence-corrected chi connectivity index (χ4v) is 2.72. The van der Waals surface area contributed by atoms with Crippen molar-refractivity contribution in [2.45, 2.75) is 41.0 Å². The molecule has 1 aromatic carbocycles. The largest absolute Gasteiger partial charge is 0.330 e. The van der Waals surface area contributed by atoms with Crippen molar-refractivity contribution in [3.05, 3.63) is 40.6 Å². The third-order valence-electron chi connectivity index (χ3n) is 3.68. The second-order valence-corrected chi connectivity index (χ2v) is 6.44. The normalized spacial score (nSPS) is 12.1. The van der Waals surface area contributed by atoms with E-state index in [2.05, 4.69) is 57.8 Å². The first-order valence-electron chi connectivity index (χ1n) is 6.90. The molecule has 0 aliphatic rings. The molecule has 0 atom stereocenters. The lowest BCUT2D eigenvalue weighted by atomic mass is 9.84. The number of aryl methyl sites for hydroxylation is 3. The fraction of sp³-hybridized carbons (Fsp3) is 0.471. The van der Waals surface area contributed by atoms with E-state index in [1.807, 2.05) is 0 Å². The van der Waals surface area contributed by atoms with Crippen molar-refractivity contribution in [3.63, 3.8) is 0 Å². The molecule has 0 bridgehead atoms. The van der Waals surface area contributed by atoms with Crippen LogP contribution in [-0.2, 0) is 6.42 Å². The van der Waals surface area contributed by atoms with Gasteiger partial charge in [0.1, 0.15) is 0 Å². The van der Waals surface area contributed by atoms with Gasteiger partial charge in [0, 0.05) is 11.1 Å². The molecule has 0 saturated heterocycles. The first kappa shape index (κ1) is 14.0. The highest BCUT2D eigenvalue weighted by atomic mass is 14.7. The number of pyridine rings is 1.